The molecule has 1 spiro atoms. The monoisotopic (exact) mass is 406 g/mol. The van der Waals surface area contributed by atoms with Gasteiger partial charge < -0.3 is 9.53 Å². The molecule has 28 heavy (non-hydrogen) atoms. The van der Waals surface area contributed by atoms with Crippen molar-refractivity contribution < 1.29 is 9.53 Å². The molecule has 0 aromatic rings. The van der Waals surface area contributed by atoms with Gasteiger partial charge in [-0.15, -0.1) is 0 Å². The molecule has 162 valence electrons. The third-order valence-electron chi connectivity index (χ3n) is 11.0. The van der Waals surface area contributed by atoms with Crippen LogP contribution in [0.5, 0.6) is 0 Å². The van der Waals surface area contributed by atoms with Crippen molar-refractivity contribution in [3.63, 3.8) is 0 Å². The normalized spacial score (nSPS) is 50.4. The van der Waals surface area contributed by atoms with Crippen molar-refractivity contribution in [1.29, 1.82) is 0 Å². The lowest BCUT2D eigenvalue weighted by molar-refractivity contribution is -0.0967. The smallest absolute Gasteiger partial charge is 0.192 e. The summed E-state index contributed by atoms with van der Waals surface area (Å²) in [5.74, 6) is 1.45. The summed E-state index contributed by atoms with van der Waals surface area (Å²) in [7, 11) is -1.78. The Morgan fingerprint density at radius 2 is 1.64 bits per heavy atom. The van der Waals surface area contributed by atoms with Crippen molar-refractivity contribution in [2.75, 3.05) is 0 Å². The van der Waals surface area contributed by atoms with Crippen molar-refractivity contribution in [2.24, 2.45) is 33.5 Å². The molecule has 1 N–H and O–H groups in total. The number of hydrogen-bond donors (Lipinski definition) is 1. The molecule has 0 saturated heterocycles. The molecule has 0 aromatic carbocycles. The van der Waals surface area contributed by atoms with Gasteiger partial charge in [-0.05, 0) is 90.2 Å². The van der Waals surface area contributed by atoms with Crippen LogP contribution in [-0.2, 0) is 4.43 Å². The maximum absolute atomic E-state index is 11.2. The van der Waals surface area contributed by atoms with E-state index in [0.29, 0.717) is 17.4 Å². The zero-order chi connectivity index (χ0) is 21.0. The molecular formula is C25H46O2Si. The summed E-state index contributed by atoms with van der Waals surface area (Å²) < 4.78 is 7.17. The molecule has 4 aliphatic carbocycles. The van der Waals surface area contributed by atoms with Crippen LogP contribution in [0.4, 0.5) is 0 Å². The van der Waals surface area contributed by atoms with Gasteiger partial charge in [-0.3, -0.25) is 0 Å². The van der Waals surface area contributed by atoms with Crippen molar-refractivity contribution in [2.45, 2.75) is 124 Å². The fourth-order valence-electron chi connectivity index (χ4n) is 8.78. The maximum Gasteiger partial charge on any atom is 0.192 e. The van der Waals surface area contributed by atoms with E-state index in [1.165, 1.54) is 38.5 Å². The third kappa shape index (κ3) is 2.51. The van der Waals surface area contributed by atoms with Crippen LogP contribution in [0.15, 0.2) is 0 Å². The van der Waals surface area contributed by atoms with Crippen LogP contribution < -0.4 is 0 Å². The van der Waals surface area contributed by atoms with Gasteiger partial charge in [0.15, 0.2) is 8.32 Å². The Kier molecular flexibility index (Phi) is 4.49. The van der Waals surface area contributed by atoms with Crippen LogP contribution >= 0.6 is 0 Å². The first kappa shape index (κ1) is 21.4. The number of fused-ring (bicyclic) bond motifs is 2. The van der Waals surface area contributed by atoms with Gasteiger partial charge in [-0.25, -0.2) is 0 Å². The zero-order valence-electron chi connectivity index (χ0n) is 20.1. The molecular weight excluding hydrogens is 360 g/mol. The van der Waals surface area contributed by atoms with Gasteiger partial charge in [0.05, 0.1) is 12.2 Å². The zero-order valence-corrected chi connectivity index (χ0v) is 21.1. The predicted octanol–water partition coefficient (Wildman–Crippen LogP) is 6.78. The number of aliphatic hydroxyl groups excluding tert-OH is 1. The first-order chi connectivity index (χ1) is 12.6. The Morgan fingerprint density at radius 3 is 2.25 bits per heavy atom. The highest BCUT2D eigenvalue weighted by Gasteiger charge is 2.75. The van der Waals surface area contributed by atoms with Gasteiger partial charge in [-0.1, -0.05) is 54.9 Å². The Hall–Kier alpha value is 0.137. The SMILES string of the molecule is CC1(C)C[C@@H](O)[C@]2(C)C[C@@]34CCC[C@H](O[Si](C)(C)C(C)(C)C)[C@]3(C)CC[C@H]4[C@H]12. The minimum absolute atomic E-state index is 0.106. The molecule has 0 unspecified atom stereocenters. The predicted molar refractivity (Wildman–Crippen MR) is 120 cm³/mol. The Labute approximate surface area is 175 Å². The second-order valence-electron chi connectivity index (χ2n) is 13.8. The summed E-state index contributed by atoms with van der Waals surface area (Å²) in [6.45, 7) is 21.9. The maximum atomic E-state index is 11.2. The molecule has 4 rings (SSSR count). The van der Waals surface area contributed by atoms with Gasteiger partial charge in [0.1, 0.15) is 0 Å². The topological polar surface area (TPSA) is 29.5 Å². The summed E-state index contributed by atoms with van der Waals surface area (Å²) in [4.78, 5) is 0. The first-order valence-corrected chi connectivity index (χ1v) is 14.9. The highest BCUT2D eigenvalue weighted by Crippen LogP contribution is 2.80. The van der Waals surface area contributed by atoms with Crippen LogP contribution in [0.25, 0.3) is 0 Å². The summed E-state index contributed by atoms with van der Waals surface area (Å²) in [5.41, 5.74) is 1.04. The summed E-state index contributed by atoms with van der Waals surface area (Å²) in [5, 5.41) is 11.4. The molecule has 2 nitrogen and oxygen atoms in total. The summed E-state index contributed by atoms with van der Waals surface area (Å²) in [6, 6.07) is 0. The minimum Gasteiger partial charge on any atom is -0.413 e. The van der Waals surface area contributed by atoms with Gasteiger partial charge in [-0.2, -0.15) is 0 Å². The van der Waals surface area contributed by atoms with Gasteiger partial charge in [0, 0.05) is 0 Å². The van der Waals surface area contributed by atoms with Crippen LogP contribution in [0.3, 0.4) is 0 Å². The van der Waals surface area contributed by atoms with Crippen molar-refractivity contribution >= 4 is 8.32 Å². The van der Waals surface area contributed by atoms with Crippen molar-refractivity contribution in [3.8, 4) is 0 Å². The number of hydrogen-bond acceptors (Lipinski definition) is 2. The van der Waals surface area contributed by atoms with E-state index in [2.05, 4.69) is 61.6 Å². The van der Waals surface area contributed by atoms with Gasteiger partial charge in [0.2, 0.25) is 0 Å². The van der Waals surface area contributed by atoms with Crippen LogP contribution in [0, 0.1) is 33.5 Å². The second kappa shape index (κ2) is 5.88. The molecule has 4 saturated carbocycles. The molecule has 3 heteroatoms. The Morgan fingerprint density at radius 1 is 1.00 bits per heavy atom. The standard InChI is InChI=1S/C25H46O2Si/c1-21(2,3)28(8,9)27-19-11-10-13-25-16-23(6)18(26)15-22(4,5)20(23)17(25)12-14-24(19,25)7/h17-20,26H,10-16H2,1-9H3/t17-,18+,19-,20+,23-,24-,25+/m0/s1. The fourth-order valence-corrected chi connectivity index (χ4v) is 10.2. The van der Waals surface area contributed by atoms with E-state index in [1.807, 2.05) is 0 Å². The molecule has 0 aliphatic heterocycles. The Bertz CT molecular complexity index is 649. The van der Waals surface area contributed by atoms with Crippen LogP contribution in [0.2, 0.25) is 18.1 Å². The van der Waals surface area contributed by atoms with Crippen LogP contribution in [-0.4, -0.2) is 25.6 Å². The third-order valence-corrected chi connectivity index (χ3v) is 15.5. The van der Waals surface area contributed by atoms with Crippen molar-refractivity contribution in [3.05, 3.63) is 0 Å². The highest BCUT2D eigenvalue weighted by atomic mass is 28.4. The fraction of sp³-hybridized carbons (Fsp3) is 1.00. The first-order valence-electron chi connectivity index (χ1n) is 12.0. The van der Waals surface area contributed by atoms with Crippen molar-refractivity contribution in [1.82, 2.24) is 0 Å². The lowest BCUT2D eigenvalue weighted by Crippen LogP contribution is -2.55. The summed E-state index contributed by atoms with van der Waals surface area (Å²) >= 11 is 0. The second-order valence-corrected chi connectivity index (χ2v) is 18.6. The van der Waals surface area contributed by atoms with Gasteiger partial charge >= 0.3 is 0 Å². The lowest BCUT2D eigenvalue weighted by Gasteiger charge is -2.56. The number of aliphatic hydroxyl groups is 1. The molecule has 4 fully saturated rings. The van der Waals surface area contributed by atoms with Gasteiger partial charge in [0.25, 0.3) is 0 Å². The lowest BCUT2D eigenvalue weighted by atomic mass is 9.54. The molecule has 7 atom stereocenters. The van der Waals surface area contributed by atoms with E-state index in [0.717, 1.165) is 12.3 Å². The Balaban J connectivity index is 1.72. The average molecular weight is 407 g/mol. The van der Waals surface area contributed by atoms with E-state index < -0.39 is 8.32 Å². The van der Waals surface area contributed by atoms with Crippen LogP contribution in [0.1, 0.15) is 93.4 Å². The average Bonchev–Trinajstić information content (AvgIpc) is 3.01. The molecule has 0 bridgehead atoms. The van der Waals surface area contributed by atoms with E-state index in [4.69, 9.17) is 4.43 Å². The number of rotatable bonds is 2. The minimum atomic E-state index is -1.78. The van der Waals surface area contributed by atoms with E-state index in [1.54, 1.807) is 0 Å². The van der Waals surface area contributed by atoms with E-state index >= 15 is 0 Å². The molecule has 0 heterocycles. The van der Waals surface area contributed by atoms with E-state index in [9.17, 15) is 5.11 Å². The molecule has 0 radical (unpaired) electrons. The quantitative estimate of drug-likeness (QED) is 0.512. The largest absolute Gasteiger partial charge is 0.413 e. The highest BCUT2D eigenvalue weighted by molar-refractivity contribution is 6.74. The molecule has 4 aliphatic rings. The molecule has 0 amide bonds. The van der Waals surface area contributed by atoms with E-state index in [-0.39, 0.29) is 27.4 Å². The molecule has 0 aromatic heterocycles. The summed E-state index contributed by atoms with van der Waals surface area (Å²) in [6.07, 6.45) is 9.10.